The summed E-state index contributed by atoms with van der Waals surface area (Å²) in [6.45, 7) is 12.0. The molecule has 5 heteroatoms. The average Bonchev–Trinajstić information content (AvgIpc) is 3.50. The lowest BCUT2D eigenvalue weighted by Crippen LogP contribution is -2.36. The molecule has 0 aliphatic heterocycles. The fourth-order valence-electron chi connectivity index (χ4n) is 3.61. The van der Waals surface area contributed by atoms with Crippen molar-refractivity contribution in [3.8, 4) is 0 Å². The summed E-state index contributed by atoms with van der Waals surface area (Å²) in [4.78, 5) is 28.2. The molecular weight excluding hydrogens is 362 g/mol. The van der Waals surface area contributed by atoms with E-state index >= 15 is 0 Å². The van der Waals surface area contributed by atoms with Gasteiger partial charge in [0.1, 0.15) is 5.41 Å². The lowest BCUT2D eigenvalue weighted by Gasteiger charge is -2.23. The van der Waals surface area contributed by atoms with Gasteiger partial charge in [-0.25, -0.2) is 0 Å². The van der Waals surface area contributed by atoms with Gasteiger partial charge in [-0.1, -0.05) is 12.1 Å². The van der Waals surface area contributed by atoms with Crippen molar-refractivity contribution in [1.29, 1.82) is 0 Å². The summed E-state index contributed by atoms with van der Waals surface area (Å²) in [7, 11) is 0. The van der Waals surface area contributed by atoms with Gasteiger partial charge >= 0.3 is 0 Å². The minimum Gasteiger partial charge on any atom is -0.372 e. The monoisotopic (exact) mass is 393 g/mol. The van der Waals surface area contributed by atoms with Gasteiger partial charge in [0.2, 0.25) is 11.8 Å². The van der Waals surface area contributed by atoms with Crippen LogP contribution in [0.1, 0.15) is 43.4 Å². The number of nitrogens with zero attached hydrogens (tertiary/aromatic N) is 1. The number of nitrogens with one attached hydrogen (secondary N) is 2. The predicted molar refractivity (Wildman–Crippen MR) is 120 cm³/mol. The van der Waals surface area contributed by atoms with Gasteiger partial charge in [0.25, 0.3) is 0 Å². The van der Waals surface area contributed by atoms with Gasteiger partial charge in [-0.2, -0.15) is 0 Å². The zero-order chi connectivity index (χ0) is 21.2. The zero-order valence-corrected chi connectivity index (χ0v) is 18.1. The van der Waals surface area contributed by atoms with Gasteiger partial charge in [-0.3, -0.25) is 9.59 Å². The fraction of sp³-hybridized carbons (Fsp3) is 0.417. The van der Waals surface area contributed by atoms with E-state index in [1.807, 2.05) is 51.1 Å². The highest BCUT2D eigenvalue weighted by atomic mass is 16.2. The van der Waals surface area contributed by atoms with Gasteiger partial charge < -0.3 is 15.5 Å². The first-order valence-electron chi connectivity index (χ1n) is 10.4. The second-order valence-electron chi connectivity index (χ2n) is 7.98. The number of carbonyl (C=O) groups is 2. The van der Waals surface area contributed by atoms with E-state index in [0.717, 1.165) is 46.8 Å². The van der Waals surface area contributed by atoms with E-state index in [1.54, 1.807) is 0 Å². The lowest BCUT2D eigenvalue weighted by atomic mass is 10.0. The Kier molecular flexibility index (Phi) is 5.96. The normalized spacial score (nSPS) is 14.2. The Bertz CT molecular complexity index is 928. The molecule has 0 spiro atoms. The van der Waals surface area contributed by atoms with Crippen LogP contribution in [0.2, 0.25) is 0 Å². The summed E-state index contributed by atoms with van der Waals surface area (Å²) in [5.74, 6) is -0.444. The molecule has 0 radical (unpaired) electrons. The molecule has 0 atom stereocenters. The van der Waals surface area contributed by atoms with Crippen LogP contribution in [-0.4, -0.2) is 24.9 Å². The molecule has 1 fully saturated rings. The maximum absolute atomic E-state index is 13.0. The number of benzene rings is 2. The molecule has 0 bridgehead atoms. The Balaban J connectivity index is 1.73. The SMILES string of the molecule is CCN(CC)c1ccc(NC(=O)C2(C(=O)Nc3cc(C)ccc3C)CC2)c(C)c1. The molecule has 2 N–H and O–H groups in total. The quantitative estimate of drug-likeness (QED) is 0.663. The molecule has 1 saturated carbocycles. The van der Waals surface area contributed by atoms with E-state index in [2.05, 4.69) is 35.4 Å². The number of anilines is 3. The van der Waals surface area contributed by atoms with Crippen molar-refractivity contribution in [2.24, 2.45) is 5.41 Å². The van der Waals surface area contributed by atoms with Gasteiger partial charge in [-0.05, 0) is 88.4 Å². The number of hydrogen-bond donors (Lipinski definition) is 2. The van der Waals surface area contributed by atoms with Gasteiger partial charge in [0.05, 0.1) is 0 Å². The Morgan fingerprint density at radius 2 is 1.48 bits per heavy atom. The molecule has 29 heavy (non-hydrogen) atoms. The molecule has 154 valence electrons. The van der Waals surface area contributed by atoms with Crippen LogP contribution in [-0.2, 0) is 9.59 Å². The fourth-order valence-corrected chi connectivity index (χ4v) is 3.61. The molecule has 1 aliphatic rings. The van der Waals surface area contributed by atoms with Crippen LogP contribution in [0.25, 0.3) is 0 Å². The topological polar surface area (TPSA) is 61.4 Å². The molecule has 0 saturated heterocycles. The molecule has 0 heterocycles. The molecule has 3 rings (SSSR count). The van der Waals surface area contributed by atoms with Crippen LogP contribution in [0.15, 0.2) is 36.4 Å². The van der Waals surface area contributed by atoms with Crippen LogP contribution >= 0.6 is 0 Å². The van der Waals surface area contributed by atoms with Gasteiger partial charge in [-0.15, -0.1) is 0 Å². The Morgan fingerprint density at radius 1 is 0.862 bits per heavy atom. The second-order valence-corrected chi connectivity index (χ2v) is 7.98. The molecular formula is C24H31N3O2. The highest BCUT2D eigenvalue weighted by Gasteiger charge is 2.56. The molecule has 2 aromatic rings. The summed E-state index contributed by atoms with van der Waals surface area (Å²) in [6, 6.07) is 12.0. The number of amides is 2. The van der Waals surface area contributed by atoms with Crippen LogP contribution in [0, 0.1) is 26.2 Å². The molecule has 0 aromatic heterocycles. The Labute approximate surface area is 173 Å². The smallest absolute Gasteiger partial charge is 0.240 e. The maximum atomic E-state index is 13.0. The van der Waals surface area contributed by atoms with Crippen LogP contribution in [0.5, 0.6) is 0 Å². The summed E-state index contributed by atoms with van der Waals surface area (Å²) < 4.78 is 0. The number of aryl methyl sites for hydroxylation is 3. The van der Waals surface area contributed by atoms with Crippen molar-refractivity contribution in [2.45, 2.75) is 47.5 Å². The summed E-state index contributed by atoms with van der Waals surface area (Å²) in [5, 5.41) is 5.96. The zero-order valence-electron chi connectivity index (χ0n) is 18.1. The molecule has 5 nitrogen and oxygen atoms in total. The van der Waals surface area contributed by atoms with E-state index in [1.165, 1.54) is 0 Å². The largest absolute Gasteiger partial charge is 0.372 e. The van der Waals surface area contributed by atoms with Crippen LogP contribution in [0.4, 0.5) is 17.1 Å². The molecule has 1 aliphatic carbocycles. The first-order valence-corrected chi connectivity index (χ1v) is 10.4. The maximum Gasteiger partial charge on any atom is 0.240 e. The van der Waals surface area contributed by atoms with Crippen molar-refractivity contribution in [1.82, 2.24) is 0 Å². The molecule has 2 aromatic carbocycles. The minimum absolute atomic E-state index is 0.221. The van der Waals surface area contributed by atoms with Gasteiger partial charge in [0.15, 0.2) is 0 Å². The first kappa shape index (κ1) is 20.9. The summed E-state index contributed by atoms with van der Waals surface area (Å²) >= 11 is 0. The third-order valence-electron chi connectivity index (χ3n) is 5.85. The number of hydrogen-bond acceptors (Lipinski definition) is 3. The third-order valence-corrected chi connectivity index (χ3v) is 5.85. The summed E-state index contributed by atoms with van der Waals surface area (Å²) in [5.41, 5.74) is 4.76. The van der Waals surface area contributed by atoms with Crippen LogP contribution < -0.4 is 15.5 Å². The Hall–Kier alpha value is -2.82. The minimum atomic E-state index is -0.972. The van der Waals surface area contributed by atoms with Crippen molar-refractivity contribution in [3.63, 3.8) is 0 Å². The third kappa shape index (κ3) is 4.29. The second kappa shape index (κ2) is 8.27. The van der Waals surface area contributed by atoms with Crippen LogP contribution in [0.3, 0.4) is 0 Å². The predicted octanol–water partition coefficient (Wildman–Crippen LogP) is 4.82. The first-order chi connectivity index (χ1) is 13.8. The number of rotatable bonds is 7. The lowest BCUT2D eigenvalue weighted by molar-refractivity contribution is -0.131. The van der Waals surface area contributed by atoms with E-state index in [9.17, 15) is 9.59 Å². The van der Waals surface area contributed by atoms with Crippen molar-refractivity contribution >= 4 is 28.9 Å². The number of carbonyl (C=O) groups excluding carboxylic acids is 2. The van der Waals surface area contributed by atoms with Crippen molar-refractivity contribution < 1.29 is 9.59 Å². The summed E-state index contributed by atoms with van der Waals surface area (Å²) in [6.07, 6.45) is 1.15. The van der Waals surface area contributed by atoms with E-state index < -0.39 is 5.41 Å². The molecule has 2 amide bonds. The van der Waals surface area contributed by atoms with E-state index in [-0.39, 0.29) is 11.8 Å². The highest BCUT2D eigenvalue weighted by molar-refractivity contribution is 6.17. The van der Waals surface area contributed by atoms with E-state index in [0.29, 0.717) is 12.8 Å². The van der Waals surface area contributed by atoms with Crippen molar-refractivity contribution in [2.75, 3.05) is 28.6 Å². The van der Waals surface area contributed by atoms with Gasteiger partial charge in [0, 0.05) is 30.2 Å². The highest BCUT2D eigenvalue weighted by Crippen LogP contribution is 2.48. The standard InChI is InChI=1S/C24H31N3O2/c1-6-27(7-2)19-10-11-20(18(5)15-19)25-22(28)24(12-13-24)23(29)26-21-14-16(3)8-9-17(21)4/h8-11,14-15H,6-7,12-13H2,1-5H3,(H,25,28)(H,26,29). The average molecular weight is 394 g/mol. The van der Waals surface area contributed by atoms with E-state index in [4.69, 9.17) is 0 Å². The Morgan fingerprint density at radius 3 is 2.03 bits per heavy atom. The van der Waals surface area contributed by atoms with Crippen molar-refractivity contribution in [3.05, 3.63) is 53.1 Å². The molecule has 0 unspecified atom stereocenters.